The molecule has 0 saturated carbocycles. The Balaban J connectivity index is 2.02. The van der Waals surface area contributed by atoms with Crippen molar-refractivity contribution in [2.75, 3.05) is 17.2 Å². The average Bonchev–Trinajstić information content (AvgIpc) is 2.75. The standard InChI is InChI=1S/C14H17N5O2/c1-9-16-13(19(20)21)14(17(9)2)18-7-6-11-10(8-18)4-3-5-12(11)15/h3-5H,6-8,15H2,1-2H3. The highest BCUT2D eigenvalue weighted by atomic mass is 16.6. The number of aromatic nitrogens is 2. The number of nitrogens with two attached hydrogens (primary N) is 1. The topological polar surface area (TPSA) is 90.2 Å². The first-order valence-electron chi connectivity index (χ1n) is 6.78. The van der Waals surface area contributed by atoms with Crippen LogP contribution in [0, 0.1) is 17.0 Å². The molecule has 0 unspecified atom stereocenters. The van der Waals surface area contributed by atoms with Gasteiger partial charge in [-0.15, -0.1) is 0 Å². The first-order valence-corrected chi connectivity index (χ1v) is 6.78. The second-order valence-electron chi connectivity index (χ2n) is 5.28. The summed E-state index contributed by atoms with van der Waals surface area (Å²) in [5.74, 6) is 1.11. The molecular weight excluding hydrogens is 270 g/mol. The Labute approximate surface area is 122 Å². The third-order valence-electron chi connectivity index (χ3n) is 4.05. The van der Waals surface area contributed by atoms with Gasteiger partial charge in [-0.1, -0.05) is 12.1 Å². The molecule has 7 nitrogen and oxygen atoms in total. The SMILES string of the molecule is Cc1nc([N+](=O)[O-])c(N2CCc3c(N)cccc3C2)n1C. The summed E-state index contributed by atoms with van der Waals surface area (Å²) in [7, 11) is 1.81. The van der Waals surface area contributed by atoms with Crippen LogP contribution in [0.1, 0.15) is 17.0 Å². The van der Waals surface area contributed by atoms with E-state index in [-0.39, 0.29) is 5.82 Å². The van der Waals surface area contributed by atoms with E-state index in [1.165, 1.54) is 0 Å². The van der Waals surface area contributed by atoms with E-state index in [0.29, 0.717) is 24.7 Å². The lowest BCUT2D eigenvalue weighted by molar-refractivity contribution is -0.388. The van der Waals surface area contributed by atoms with Crippen molar-refractivity contribution in [1.29, 1.82) is 0 Å². The summed E-state index contributed by atoms with van der Waals surface area (Å²) in [6, 6.07) is 5.83. The van der Waals surface area contributed by atoms with Crippen molar-refractivity contribution < 1.29 is 4.92 Å². The number of hydrogen-bond donors (Lipinski definition) is 1. The van der Waals surface area contributed by atoms with Gasteiger partial charge in [0.1, 0.15) is 0 Å². The zero-order valence-corrected chi connectivity index (χ0v) is 12.0. The summed E-state index contributed by atoms with van der Waals surface area (Å²) in [6.45, 7) is 3.08. The zero-order chi connectivity index (χ0) is 15.1. The van der Waals surface area contributed by atoms with Crippen molar-refractivity contribution in [2.45, 2.75) is 19.9 Å². The maximum Gasteiger partial charge on any atom is 0.406 e. The third kappa shape index (κ3) is 2.10. The van der Waals surface area contributed by atoms with Crippen LogP contribution >= 0.6 is 0 Å². The van der Waals surface area contributed by atoms with Crippen LogP contribution in [-0.2, 0) is 20.0 Å². The van der Waals surface area contributed by atoms with E-state index >= 15 is 0 Å². The fourth-order valence-corrected chi connectivity index (χ4v) is 2.88. The molecule has 0 radical (unpaired) electrons. The Morgan fingerprint density at radius 1 is 1.43 bits per heavy atom. The molecule has 0 spiro atoms. The molecule has 110 valence electrons. The number of nitrogen functional groups attached to an aromatic ring is 1. The summed E-state index contributed by atoms with van der Waals surface area (Å²) in [5, 5.41) is 11.2. The third-order valence-corrected chi connectivity index (χ3v) is 4.05. The lowest BCUT2D eigenvalue weighted by Crippen LogP contribution is -2.32. The highest BCUT2D eigenvalue weighted by Crippen LogP contribution is 2.33. The van der Waals surface area contributed by atoms with Gasteiger partial charge in [0.15, 0.2) is 0 Å². The lowest BCUT2D eigenvalue weighted by Gasteiger charge is -2.30. The Hall–Kier alpha value is -2.57. The number of anilines is 2. The normalized spacial score (nSPS) is 14.1. The van der Waals surface area contributed by atoms with Gasteiger partial charge in [-0.05, 0) is 33.5 Å². The van der Waals surface area contributed by atoms with E-state index in [9.17, 15) is 10.1 Å². The fourth-order valence-electron chi connectivity index (χ4n) is 2.88. The smallest absolute Gasteiger partial charge is 0.398 e. The van der Waals surface area contributed by atoms with E-state index in [4.69, 9.17) is 5.73 Å². The van der Waals surface area contributed by atoms with Crippen LogP contribution in [0.25, 0.3) is 0 Å². The number of nitrogens with zero attached hydrogens (tertiary/aromatic N) is 4. The zero-order valence-electron chi connectivity index (χ0n) is 12.0. The molecule has 0 amide bonds. The van der Waals surface area contributed by atoms with E-state index in [2.05, 4.69) is 4.98 Å². The van der Waals surface area contributed by atoms with Crippen LogP contribution < -0.4 is 10.6 Å². The van der Waals surface area contributed by atoms with Gasteiger partial charge >= 0.3 is 5.82 Å². The number of benzene rings is 1. The summed E-state index contributed by atoms with van der Waals surface area (Å²) in [4.78, 5) is 16.8. The van der Waals surface area contributed by atoms with Crippen LogP contribution in [0.4, 0.5) is 17.3 Å². The predicted molar refractivity (Wildman–Crippen MR) is 80.2 cm³/mol. The van der Waals surface area contributed by atoms with Crippen LogP contribution in [0.15, 0.2) is 18.2 Å². The maximum atomic E-state index is 11.2. The minimum absolute atomic E-state index is 0.0812. The van der Waals surface area contributed by atoms with Crippen molar-refractivity contribution >= 4 is 17.3 Å². The monoisotopic (exact) mass is 287 g/mol. The molecule has 1 aromatic heterocycles. The molecular formula is C14H17N5O2. The van der Waals surface area contributed by atoms with Gasteiger partial charge in [-0.2, -0.15) is 0 Å². The molecule has 1 aliphatic rings. The summed E-state index contributed by atoms with van der Waals surface area (Å²) >= 11 is 0. The molecule has 2 N–H and O–H groups in total. The lowest BCUT2D eigenvalue weighted by atomic mass is 9.98. The van der Waals surface area contributed by atoms with Crippen LogP contribution in [0.2, 0.25) is 0 Å². The van der Waals surface area contributed by atoms with Gasteiger partial charge in [-0.3, -0.25) is 4.57 Å². The van der Waals surface area contributed by atoms with Gasteiger partial charge in [0.05, 0.1) is 0 Å². The van der Waals surface area contributed by atoms with Gasteiger partial charge in [-0.25, -0.2) is 0 Å². The molecule has 1 aliphatic heterocycles. The predicted octanol–water partition coefficient (Wildman–Crippen LogP) is 1.78. The Morgan fingerprint density at radius 3 is 2.90 bits per heavy atom. The quantitative estimate of drug-likeness (QED) is 0.516. The van der Waals surface area contributed by atoms with Gasteiger partial charge < -0.3 is 20.7 Å². The highest BCUT2D eigenvalue weighted by molar-refractivity contribution is 5.60. The average molecular weight is 287 g/mol. The first-order chi connectivity index (χ1) is 9.99. The number of hydrogen-bond acceptors (Lipinski definition) is 5. The van der Waals surface area contributed by atoms with E-state index in [0.717, 1.165) is 23.2 Å². The molecule has 0 aliphatic carbocycles. The highest BCUT2D eigenvalue weighted by Gasteiger charge is 2.30. The number of aryl methyl sites for hydroxylation is 1. The Kier molecular flexibility index (Phi) is 3.04. The molecule has 2 heterocycles. The number of fused-ring (bicyclic) bond motifs is 1. The minimum atomic E-state index is -0.419. The van der Waals surface area contributed by atoms with Crippen molar-refractivity contribution in [3.05, 3.63) is 45.3 Å². The van der Waals surface area contributed by atoms with Gasteiger partial charge in [0, 0.05) is 32.7 Å². The Bertz CT molecular complexity index is 722. The van der Waals surface area contributed by atoms with E-state index < -0.39 is 4.92 Å². The van der Waals surface area contributed by atoms with Gasteiger partial charge in [0.2, 0.25) is 11.6 Å². The molecule has 0 atom stereocenters. The molecule has 0 fully saturated rings. The first kappa shape index (κ1) is 13.4. The second-order valence-corrected chi connectivity index (χ2v) is 5.28. The van der Waals surface area contributed by atoms with E-state index in [1.54, 1.807) is 18.5 Å². The summed E-state index contributed by atoms with van der Waals surface area (Å²) in [5.41, 5.74) is 9.06. The maximum absolute atomic E-state index is 11.2. The number of nitro groups is 1. The Morgan fingerprint density at radius 2 is 2.19 bits per heavy atom. The van der Waals surface area contributed by atoms with Crippen molar-refractivity contribution in [1.82, 2.24) is 9.55 Å². The molecule has 2 aromatic rings. The molecule has 7 heteroatoms. The van der Waals surface area contributed by atoms with Gasteiger partial charge in [0.25, 0.3) is 0 Å². The number of imidazole rings is 1. The van der Waals surface area contributed by atoms with E-state index in [1.807, 2.05) is 23.1 Å². The summed E-state index contributed by atoms with van der Waals surface area (Å²) in [6.07, 6.45) is 0.781. The number of rotatable bonds is 2. The van der Waals surface area contributed by atoms with Crippen LogP contribution in [0.5, 0.6) is 0 Å². The van der Waals surface area contributed by atoms with Crippen molar-refractivity contribution in [3.8, 4) is 0 Å². The largest absolute Gasteiger partial charge is 0.406 e. The molecule has 21 heavy (non-hydrogen) atoms. The molecule has 3 rings (SSSR count). The second kappa shape index (κ2) is 4.76. The fraction of sp³-hybridized carbons (Fsp3) is 0.357. The van der Waals surface area contributed by atoms with Crippen LogP contribution in [-0.4, -0.2) is 21.0 Å². The minimum Gasteiger partial charge on any atom is -0.398 e. The van der Waals surface area contributed by atoms with Crippen LogP contribution in [0.3, 0.4) is 0 Å². The molecule has 0 bridgehead atoms. The molecule has 0 saturated heterocycles. The van der Waals surface area contributed by atoms with Crippen molar-refractivity contribution in [3.63, 3.8) is 0 Å². The molecule has 1 aromatic carbocycles. The van der Waals surface area contributed by atoms with Crippen molar-refractivity contribution in [2.24, 2.45) is 7.05 Å². The summed E-state index contributed by atoms with van der Waals surface area (Å²) < 4.78 is 1.77.